The molecular weight excluding hydrogens is 380 g/mol. The molecule has 3 aromatic rings. The summed E-state index contributed by atoms with van der Waals surface area (Å²) in [5.41, 5.74) is 0.113. The molecule has 28 heavy (non-hydrogen) atoms. The highest BCUT2D eigenvalue weighted by molar-refractivity contribution is 7.89. The molecule has 0 spiro atoms. The van der Waals surface area contributed by atoms with Gasteiger partial charge in [0.25, 0.3) is 11.5 Å². The van der Waals surface area contributed by atoms with Crippen LogP contribution in [0.3, 0.4) is 0 Å². The molecule has 1 N–H and O–H groups in total. The van der Waals surface area contributed by atoms with Gasteiger partial charge < -0.3 is 5.32 Å². The van der Waals surface area contributed by atoms with Crippen molar-refractivity contribution >= 4 is 26.7 Å². The number of hydrogen-bond donors (Lipinski definition) is 1. The van der Waals surface area contributed by atoms with Crippen molar-refractivity contribution < 1.29 is 13.2 Å². The van der Waals surface area contributed by atoms with Crippen LogP contribution in [0.15, 0.2) is 64.4 Å². The van der Waals surface area contributed by atoms with Crippen LogP contribution in [-0.2, 0) is 16.6 Å². The van der Waals surface area contributed by atoms with Crippen molar-refractivity contribution in [2.45, 2.75) is 11.4 Å². The van der Waals surface area contributed by atoms with Crippen LogP contribution in [0.5, 0.6) is 0 Å². The minimum Gasteiger partial charge on any atom is -0.350 e. The van der Waals surface area contributed by atoms with Gasteiger partial charge in [-0.3, -0.25) is 9.59 Å². The molecule has 0 aliphatic heterocycles. The summed E-state index contributed by atoms with van der Waals surface area (Å²) in [4.78, 5) is 24.7. The minimum absolute atomic E-state index is 0.112. The van der Waals surface area contributed by atoms with Gasteiger partial charge in [0.05, 0.1) is 23.0 Å². The number of sulfonamides is 1. The van der Waals surface area contributed by atoms with Crippen LogP contribution < -0.4 is 10.9 Å². The molecule has 0 bridgehead atoms. The first-order valence-electron chi connectivity index (χ1n) is 8.56. The summed E-state index contributed by atoms with van der Waals surface area (Å²) in [6, 6.07) is 12.9. The number of nitrogens with one attached hydrogen (secondary N) is 1. The van der Waals surface area contributed by atoms with Crippen molar-refractivity contribution in [1.29, 1.82) is 0 Å². The predicted molar refractivity (Wildman–Crippen MR) is 106 cm³/mol. The fourth-order valence-electron chi connectivity index (χ4n) is 2.65. The Morgan fingerprint density at radius 1 is 1.11 bits per heavy atom. The Morgan fingerprint density at radius 3 is 2.46 bits per heavy atom. The summed E-state index contributed by atoms with van der Waals surface area (Å²) in [5.74, 6) is -0.359. The van der Waals surface area contributed by atoms with E-state index in [0.29, 0.717) is 10.9 Å². The largest absolute Gasteiger partial charge is 0.350 e. The van der Waals surface area contributed by atoms with Crippen molar-refractivity contribution in [2.75, 3.05) is 20.6 Å². The summed E-state index contributed by atoms with van der Waals surface area (Å²) in [5, 5.41) is 8.15. The lowest BCUT2D eigenvalue weighted by Crippen LogP contribution is -2.32. The van der Waals surface area contributed by atoms with Gasteiger partial charge in [-0.25, -0.2) is 17.4 Å². The van der Waals surface area contributed by atoms with Gasteiger partial charge in [-0.15, -0.1) is 0 Å². The number of benzene rings is 2. The van der Waals surface area contributed by atoms with Crippen LogP contribution in [0.4, 0.5) is 0 Å². The number of nitrogens with zero attached hydrogens (tertiary/aromatic N) is 3. The van der Waals surface area contributed by atoms with Gasteiger partial charge in [0.2, 0.25) is 10.0 Å². The molecule has 146 valence electrons. The molecule has 2 aromatic carbocycles. The van der Waals surface area contributed by atoms with Crippen LogP contribution in [0.25, 0.3) is 10.8 Å². The molecule has 0 aliphatic carbocycles. The van der Waals surface area contributed by atoms with Crippen molar-refractivity contribution in [3.05, 3.63) is 70.6 Å². The van der Waals surface area contributed by atoms with E-state index in [1.54, 1.807) is 18.3 Å². The molecule has 0 atom stereocenters. The summed E-state index contributed by atoms with van der Waals surface area (Å²) >= 11 is 0. The van der Waals surface area contributed by atoms with E-state index < -0.39 is 10.0 Å². The van der Waals surface area contributed by atoms with Gasteiger partial charge in [-0.2, -0.15) is 5.10 Å². The summed E-state index contributed by atoms with van der Waals surface area (Å²) < 4.78 is 26.5. The third-order valence-corrected chi connectivity index (χ3v) is 6.10. The number of aromatic nitrogens is 2. The zero-order valence-electron chi connectivity index (χ0n) is 15.5. The third kappa shape index (κ3) is 3.95. The van der Waals surface area contributed by atoms with E-state index in [4.69, 9.17) is 0 Å². The number of amides is 1. The molecule has 0 aliphatic rings. The van der Waals surface area contributed by atoms with Crippen LogP contribution in [-0.4, -0.2) is 49.1 Å². The zero-order valence-corrected chi connectivity index (χ0v) is 16.3. The Kier molecular flexibility index (Phi) is 5.57. The SMILES string of the molecule is CN(C)S(=O)(=O)c1ccc(C(=O)NCCn2ncc3ccccc3c2=O)cc1. The number of hydrogen-bond acceptors (Lipinski definition) is 5. The maximum absolute atomic E-state index is 12.4. The van der Waals surface area contributed by atoms with Crippen molar-refractivity contribution in [3.8, 4) is 0 Å². The second-order valence-corrected chi connectivity index (χ2v) is 8.48. The van der Waals surface area contributed by atoms with E-state index in [9.17, 15) is 18.0 Å². The van der Waals surface area contributed by atoms with E-state index in [1.807, 2.05) is 12.1 Å². The monoisotopic (exact) mass is 400 g/mol. The van der Waals surface area contributed by atoms with Crippen molar-refractivity contribution in [2.24, 2.45) is 0 Å². The fourth-order valence-corrected chi connectivity index (χ4v) is 3.56. The van der Waals surface area contributed by atoms with Gasteiger partial charge in [-0.1, -0.05) is 18.2 Å². The lowest BCUT2D eigenvalue weighted by molar-refractivity contribution is 0.0951. The van der Waals surface area contributed by atoms with E-state index in [0.717, 1.165) is 9.69 Å². The van der Waals surface area contributed by atoms with Gasteiger partial charge in [-0.05, 0) is 30.3 Å². The topological polar surface area (TPSA) is 101 Å². The predicted octanol–water partition coefficient (Wildman–Crippen LogP) is 1.08. The molecular formula is C19H20N4O4S. The van der Waals surface area contributed by atoms with Crippen LogP contribution in [0, 0.1) is 0 Å². The summed E-state index contributed by atoms with van der Waals surface area (Å²) in [6.07, 6.45) is 1.61. The van der Waals surface area contributed by atoms with Crippen molar-refractivity contribution in [3.63, 3.8) is 0 Å². The second-order valence-electron chi connectivity index (χ2n) is 6.33. The zero-order chi connectivity index (χ0) is 20.3. The number of carbonyl (C=O) groups is 1. The van der Waals surface area contributed by atoms with Crippen molar-refractivity contribution in [1.82, 2.24) is 19.4 Å². The fraction of sp³-hybridized carbons (Fsp3) is 0.211. The van der Waals surface area contributed by atoms with Gasteiger partial charge >= 0.3 is 0 Å². The minimum atomic E-state index is -3.54. The first-order valence-corrected chi connectivity index (χ1v) is 10.0. The quantitative estimate of drug-likeness (QED) is 0.667. The molecule has 0 fully saturated rings. The Labute approximate surface area is 162 Å². The smallest absolute Gasteiger partial charge is 0.274 e. The maximum Gasteiger partial charge on any atom is 0.274 e. The third-order valence-electron chi connectivity index (χ3n) is 4.27. The second kappa shape index (κ2) is 7.91. The van der Waals surface area contributed by atoms with E-state index in [2.05, 4.69) is 10.4 Å². The molecule has 0 radical (unpaired) electrons. The molecule has 0 unspecified atom stereocenters. The van der Waals surface area contributed by atoms with Crippen LogP contribution in [0.2, 0.25) is 0 Å². The van der Waals surface area contributed by atoms with Gasteiger partial charge in [0.1, 0.15) is 0 Å². The molecule has 3 rings (SSSR count). The Balaban J connectivity index is 1.65. The molecule has 1 aromatic heterocycles. The first-order chi connectivity index (χ1) is 13.3. The lowest BCUT2D eigenvalue weighted by atomic mass is 10.2. The Morgan fingerprint density at radius 2 is 1.79 bits per heavy atom. The van der Waals surface area contributed by atoms with Gasteiger partial charge in [0.15, 0.2) is 0 Å². The standard InChI is InChI=1S/C19H20N4O4S/c1-22(2)28(26,27)16-9-7-14(8-10-16)18(24)20-11-12-23-19(25)17-6-4-3-5-15(17)13-21-23/h3-10,13H,11-12H2,1-2H3,(H,20,24). The normalized spacial score (nSPS) is 11.7. The van der Waals surface area contributed by atoms with E-state index in [-0.39, 0.29) is 29.5 Å². The highest BCUT2D eigenvalue weighted by Gasteiger charge is 2.17. The molecule has 8 nitrogen and oxygen atoms in total. The number of fused-ring (bicyclic) bond motifs is 1. The average molecular weight is 400 g/mol. The van der Waals surface area contributed by atoms with Gasteiger partial charge in [0, 0.05) is 31.6 Å². The Hall–Kier alpha value is -3.04. The summed E-state index contributed by atoms with van der Waals surface area (Å²) in [7, 11) is -0.653. The molecule has 1 amide bonds. The maximum atomic E-state index is 12.4. The number of carbonyl (C=O) groups excluding carboxylic acids is 1. The Bertz CT molecular complexity index is 1170. The lowest BCUT2D eigenvalue weighted by Gasteiger charge is -2.12. The van der Waals surface area contributed by atoms with Crippen LogP contribution in [0.1, 0.15) is 10.4 Å². The molecule has 9 heteroatoms. The molecule has 0 saturated carbocycles. The number of rotatable bonds is 6. The highest BCUT2D eigenvalue weighted by Crippen LogP contribution is 2.14. The molecule has 0 saturated heterocycles. The van der Waals surface area contributed by atoms with E-state index in [1.165, 1.54) is 43.0 Å². The first kappa shape index (κ1) is 19.7. The highest BCUT2D eigenvalue weighted by atomic mass is 32.2. The molecule has 1 heterocycles. The van der Waals surface area contributed by atoms with Crippen LogP contribution >= 0.6 is 0 Å². The summed E-state index contributed by atoms with van der Waals surface area (Å²) in [6.45, 7) is 0.435. The van der Waals surface area contributed by atoms with E-state index >= 15 is 0 Å². The average Bonchev–Trinajstić information content (AvgIpc) is 2.69.